The molecule has 0 spiro atoms. The van der Waals surface area contributed by atoms with E-state index in [0.717, 1.165) is 32.1 Å². The van der Waals surface area contributed by atoms with E-state index < -0.39 is 12.1 Å². The molecular weight excluding hydrogens is 318 g/mol. The number of nitrogens with zero attached hydrogens (tertiary/aromatic N) is 1. The molecule has 1 aliphatic heterocycles. The molecule has 0 aromatic rings. The third-order valence-corrected chi connectivity index (χ3v) is 6.96. The highest BCUT2D eigenvalue weighted by Gasteiger charge is 2.53. The van der Waals surface area contributed by atoms with E-state index in [-0.39, 0.29) is 23.4 Å². The average Bonchev–Trinajstić information content (AvgIpc) is 2.85. The second-order valence-electron chi connectivity index (χ2n) is 8.42. The van der Waals surface area contributed by atoms with E-state index in [4.69, 9.17) is 9.94 Å². The minimum atomic E-state index is -0.814. The average molecular weight is 347 g/mol. The Hall–Kier alpha value is -1.62. The Morgan fingerprint density at radius 1 is 1.40 bits per heavy atom. The van der Waals surface area contributed by atoms with Crippen LogP contribution < -0.4 is 0 Å². The van der Waals surface area contributed by atoms with Crippen molar-refractivity contribution >= 4 is 12.2 Å². The number of carbonyl (C=O) groups is 1. The largest absolute Gasteiger partial charge is 0.459 e. The second kappa shape index (κ2) is 6.60. The van der Waals surface area contributed by atoms with E-state index in [9.17, 15) is 9.90 Å². The highest BCUT2D eigenvalue weighted by atomic mass is 16.6. The summed E-state index contributed by atoms with van der Waals surface area (Å²) in [5.74, 6) is 0.265. The molecule has 3 rings (SSSR count). The molecule has 1 heterocycles. The summed E-state index contributed by atoms with van der Waals surface area (Å²) in [7, 11) is 0. The molecule has 5 heteroatoms. The standard InChI is InChI=1S/C20H29NO4/c1-13-5-8-17-19(2,12-21-24)9-4-10-20(17,3)15(13)7-6-14-16(22)11-25-18(14)23/h6,12,15-17,22,24H,1,4-5,7-11H2,2-3H3/b14-6+,21-12-/t15-,16-,17-,19+,20+/m1/s1. The summed E-state index contributed by atoms with van der Waals surface area (Å²) in [6.07, 6.45) is 8.68. The van der Waals surface area contributed by atoms with Gasteiger partial charge in [-0.2, -0.15) is 0 Å². The molecule has 2 saturated carbocycles. The smallest absolute Gasteiger partial charge is 0.336 e. The van der Waals surface area contributed by atoms with Crippen LogP contribution in [-0.2, 0) is 9.53 Å². The summed E-state index contributed by atoms with van der Waals surface area (Å²) in [6, 6.07) is 0. The van der Waals surface area contributed by atoms with Crippen LogP contribution in [0.1, 0.15) is 52.4 Å². The van der Waals surface area contributed by atoms with Gasteiger partial charge in [0, 0.05) is 11.6 Å². The highest BCUT2D eigenvalue weighted by Crippen LogP contribution is 2.61. The van der Waals surface area contributed by atoms with Gasteiger partial charge in [-0.3, -0.25) is 0 Å². The first-order valence-electron chi connectivity index (χ1n) is 9.23. The quantitative estimate of drug-likeness (QED) is 0.205. The van der Waals surface area contributed by atoms with Crippen LogP contribution in [0.2, 0.25) is 0 Å². The van der Waals surface area contributed by atoms with Crippen LogP contribution in [0.4, 0.5) is 0 Å². The van der Waals surface area contributed by atoms with Crippen LogP contribution in [-0.4, -0.2) is 35.2 Å². The number of oxime groups is 1. The van der Waals surface area contributed by atoms with E-state index in [1.165, 1.54) is 5.57 Å². The number of aliphatic hydroxyl groups is 1. The lowest BCUT2D eigenvalue weighted by Crippen LogP contribution is -2.51. The number of cyclic esters (lactones) is 1. The number of rotatable bonds is 3. The van der Waals surface area contributed by atoms with Gasteiger partial charge in [0.1, 0.15) is 12.7 Å². The summed E-state index contributed by atoms with van der Waals surface area (Å²) in [5.41, 5.74) is 1.55. The molecule has 25 heavy (non-hydrogen) atoms. The predicted molar refractivity (Wildman–Crippen MR) is 95.4 cm³/mol. The normalized spacial score (nSPS) is 43.5. The highest BCUT2D eigenvalue weighted by molar-refractivity contribution is 5.91. The molecule has 0 aromatic heterocycles. The zero-order valence-corrected chi connectivity index (χ0v) is 15.2. The van der Waals surface area contributed by atoms with Crippen molar-refractivity contribution in [3.05, 3.63) is 23.8 Å². The van der Waals surface area contributed by atoms with Crippen molar-refractivity contribution in [1.29, 1.82) is 0 Å². The van der Waals surface area contributed by atoms with Gasteiger partial charge in [0.05, 0.1) is 5.57 Å². The Bertz CT molecular complexity index is 625. The fourth-order valence-electron chi connectivity index (χ4n) is 5.65. The fourth-order valence-corrected chi connectivity index (χ4v) is 5.65. The number of fused-ring (bicyclic) bond motifs is 1. The number of hydrogen-bond acceptors (Lipinski definition) is 5. The Balaban J connectivity index is 1.89. The van der Waals surface area contributed by atoms with Crippen LogP contribution in [0, 0.1) is 22.7 Å². The van der Waals surface area contributed by atoms with E-state index in [2.05, 4.69) is 25.6 Å². The van der Waals surface area contributed by atoms with Crippen LogP contribution in [0.15, 0.2) is 29.0 Å². The maximum atomic E-state index is 11.8. The maximum Gasteiger partial charge on any atom is 0.336 e. The van der Waals surface area contributed by atoms with Gasteiger partial charge in [-0.25, -0.2) is 4.79 Å². The summed E-state index contributed by atoms with van der Waals surface area (Å²) < 4.78 is 4.92. The fraction of sp³-hybridized carbons (Fsp3) is 0.700. The monoisotopic (exact) mass is 347 g/mol. The Labute approximate surface area is 149 Å². The van der Waals surface area contributed by atoms with Crippen LogP contribution in [0.25, 0.3) is 0 Å². The van der Waals surface area contributed by atoms with Gasteiger partial charge in [0.25, 0.3) is 0 Å². The SMILES string of the molecule is C=C1CC[C@H]2[C@@](C)(CCC[C@@]2(C)/C=N\O)[C@@H]1C/C=C1/C(=O)OC[C@H]1O. The van der Waals surface area contributed by atoms with Crippen molar-refractivity contribution in [3.63, 3.8) is 0 Å². The van der Waals surface area contributed by atoms with Gasteiger partial charge in [0.15, 0.2) is 0 Å². The minimum absolute atomic E-state index is 0.0496. The van der Waals surface area contributed by atoms with E-state index in [1.807, 2.05) is 6.08 Å². The lowest BCUT2D eigenvalue weighted by molar-refractivity contribution is -0.135. The molecule has 0 unspecified atom stereocenters. The van der Waals surface area contributed by atoms with Crippen molar-refractivity contribution in [2.45, 2.75) is 58.5 Å². The Kier molecular flexibility index (Phi) is 4.80. The predicted octanol–water partition coefficient (Wildman–Crippen LogP) is 3.46. The van der Waals surface area contributed by atoms with Gasteiger partial charge in [0.2, 0.25) is 0 Å². The lowest BCUT2D eigenvalue weighted by atomic mass is 9.47. The van der Waals surface area contributed by atoms with Crippen molar-refractivity contribution in [1.82, 2.24) is 0 Å². The van der Waals surface area contributed by atoms with E-state index in [1.54, 1.807) is 6.21 Å². The number of allylic oxidation sites excluding steroid dienone is 2. The molecule has 5 atom stereocenters. The zero-order valence-electron chi connectivity index (χ0n) is 15.2. The second-order valence-corrected chi connectivity index (χ2v) is 8.42. The topological polar surface area (TPSA) is 79.1 Å². The van der Waals surface area contributed by atoms with Gasteiger partial charge in [-0.05, 0) is 49.4 Å². The summed E-state index contributed by atoms with van der Waals surface area (Å²) in [6.45, 7) is 8.88. The van der Waals surface area contributed by atoms with Crippen molar-refractivity contribution in [3.8, 4) is 0 Å². The summed E-state index contributed by atoms with van der Waals surface area (Å²) in [5, 5.41) is 22.4. The molecule has 0 bridgehead atoms. The number of ether oxygens (including phenoxy) is 1. The van der Waals surface area contributed by atoms with Gasteiger partial charge in [-0.1, -0.05) is 38.5 Å². The molecule has 138 valence electrons. The molecule has 2 N–H and O–H groups in total. The Morgan fingerprint density at radius 2 is 2.16 bits per heavy atom. The number of carbonyl (C=O) groups excluding carboxylic acids is 1. The van der Waals surface area contributed by atoms with E-state index in [0.29, 0.717) is 17.9 Å². The van der Waals surface area contributed by atoms with Gasteiger partial charge in [-0.15, -0.1) is 5.16 Å². The molecule has 0 radical (unpaired) electrons. The maximum absolute atomic E-state index is 11.8. The molecular formula is C20H29NO4. The van der Waals surface area contributed by atoms with Crippen molar-refractivity contribution in [2.75, 3.05) is 6.61 Å². The minimum Gasteiger partial charge on any atom is -0.459 e. The van der Waals surface area contributed by atoms with Gasteiger partial charge >= 0.3 is 5.97 Å². The van der Waals surface area contributed by atoms with Crippen molar-refractivity contribution < 1.29 is 19.8 Å². The summed E-state index contributed by atoms with van der Waals surface area (Å²) >= 11 is 0. The van der Waals surface area contributed by atoms with Crippen LogP contribution in [0.5, 0.6) is 0 Å². The van der Waals surface area contributed by atoms with Crippen molar-refractivity contribution in [2.24, 2.45) is 27.8 Å². The lowest BCUT2D eigenvalue weighted by Gasteiger charge is -2.57. The Morgan fingerprint density at radius 3 is 2.80 bits per heavy atom. The summed E-state index contributed by atoms with van der Waals surface area (Å²) in [4.78, 5) is 11.8. The number of hydrogen-bond donors (Lipinski definition) is 2. The van der Waals surface area contributed by atoms with Gasteiger partial charge < -0.3 is 15.1 Å². The molecule has 0 aromatic carbocycles. The molecule has 2 aliphatic carbocycles. The number of aliphatic hydroxyl groups excluding tert-OH is 1. The molecule has 0 amide bonds. The van der Waals surface area contributed by atoms with Crippen LogP contribution in [0.3, 0.4) is 0 Å². The molecule has 3 fully saturated rings. The third-order valence-electron chi connectivity index (χ3n) is 6.96. The molecule has 3 aliphatic rings. The number of esters is 1. The molecule has 5 nitrogen and oxygen atoms in total. The third kappa shape index (κ3) is 3.03. The first kappa shape index (κ1) is 18.2. The first-order chi connectivity index (χ1) is 11.8. The molecule has 1 saturated heterocycles. The van der Waals surface area contributed by atoms with E-state index >= 15 is 0 Å². The zero-order chi connectivity index (χ0) is 18.2. The first-order valence-corrected chi connectivity index (χ1v) is 9.23. The van der Waals surface area contributed by atoms with Crippen LogP contribution >= 0.6 is 0 Å².